The number of ether oxygens (including phenoxy) is 2. The molecular formula is C8H10O7. The molecule has 0 aromatic rings. The molecular weight excluding hydrogens is 208 g/mol. The van der Waals surface area contributed by atoms with Gasteiger partial charge in [-0.25, -0.2) is 14.4 Å². The molecule has 0 bridgehead atoms. The number of aliphatic hydroxyl groups excluding tert-OH is 1. The van der Waals surface area contributed by atoms with E-state index in [2.05, 4.69) is 9.47 Å². The van der Waals surface area contributed by atoms with E-state index >= 15 is 0 Å². The zero-order valence-corrected chi connectivity index (χ0v) is 8.18. The van der Waals surface area contributed by atoms with Gasteiger partial charge in [-0.05, 0) is 6.92 Å². The molecule has 0 aliphatic carbocycles. The van der Waals surface area contributed by atoms with Gasteiger partial charge in [0, 0.05) is 6.92 Å². The highest BCUT2D eigenvalue weighted by Crippen LogP contribution is 1.89. The largest absolute Gasteiger partial charge is 0.452 e. The molecule has 15 heavy (non-hydrogen) atoms. The van der Waals surface area contributed by atoms with Crippen molar-refractivity contribution in [3.05, 3.63) is 0 Å². The lowest BCUT2D eigenvalue weighted by atomic mass is 10.4. The van der Waals surface area contributed by atoms with Crippen molar-refractivity contribution in [2.45, 2.75) is 20.0 Å². The van der Waals surface area contributed by atoms with E-state index in [9.17, 15) is 19.2 Å². The van der Waals surface area contributed by atoms with Gasteiger partial charge in [0.25, 0.3) is 0 Å². The van der Waals surface area contributed by atoms with E-state index in [-0.39, 0.29) is 0 Å². The third-order valence-corrected chi connectivity index (χ3v) is 1.17. The van der Waals surface area contributed by atoms with Crippen molar-refractivity contribution >= 4 is 23.7 Å². The van der Waals surface area contributed by atoms with Crippen LogP contribution in [0.4, 0.5) is 0 Å². The Kier molecular flexibility index (Phi) is 5.18. The SMILES string of the molecule is CC(=O)C(=O)OC(=O)COC(=O)C(C)O. The van der Waals surface area contributed by atoms with E-state index in [4.69, 9.17) is 5.11 Å². The Morgan fingerprint density at radius 2 is 1.80 bits per heavy atom. The first kappa shape index (κ1) is 13.2. The van der Waals surface area contributed by atoms with Gasteiger partial charge in [-0.3, -0.25) is 4.79 Å². The maximum atomic E-state index is 10.7. The van der Waals surface area contributed by atoms with E-state index in [0.717, 1.165) is 13.8 Å². The first-order valence-corrected chi connectivity index (χ1v) is 3.95. The van der Waals surface area contributed by atoms with Gasteiger partial charge >= 0.3 is 17.9 Å². The fourth-order valence-corrected chi connectivity index (χ4v) is 0.455. The molecule has 0 aromatic carbocycles. The van der Waals surface area contributed by atoms with E-state index in [1.54, 1.807) is 0 Å². The van der Waals surface area contributed by atoms with Gasteiger partial charge < -0.3 is 14.6 Å². The predicted molar refractivity (Wildman–Crippen MR) is 44.4 cm³/mol. The van der Waals surface area contributed by atoms with E-state index < -0.39 is 36.4 Å². The summed E-state index contributed by atoms with van der Waals surface area (Å²) in [6, 6.07) is 0. The van der Waals surface area contributed by atoms with Crippen LogP contribution in [-0.2, 0) is 28.7 Å². The molecule has 0 spiro atoms. The van der Waals surface area contributed by atoms with E-state index in [1.807, 2.05) is 0 Å². The summed E-state index contributed by atoms with van der Waals surface area (Å²) in [5, 5.41) is 8.66. The third kappa shape index (κ3) is 5.53. The number of hydrogen-bond donors (Lipinski definition) is 1. The molecule has 0 saturated carbocycles. The molecule has 84 valence electrons. The van der Waals surface area contributed by atoms with Gasteiger partial charge in [-0.1, -0.05) is 0 Å². The summed E-state index contributed by atoms with van der Waals surface area (Å²) in [7, 11) is 0. The van der Waals surface area contributed by atoms with Crippen molar-refractivity contribution in [1.29, 1.82) is 0 Å². The molecule has 0 rings (SSSR count). The quantitative estimate of drug-likeness (QED) is 0.350. The lowest BCUT2D eigenvalue weighted by Crippen LogP contribution is -2.26. The number of carbonyl (C=O) groups excluding carboxylic acids is 4. The second kappa shape index (κ2) is 5.86. The number of rotatable bonds is 4. The van der Waals surface area contributed by atoms with Crippen molar-refractivity contribution in [1.82, 2.24) is 0 Å². The maximum absolute atomic E-state index is 10.7. The summed E-state index contributed by atoms with van der Waals surface area (Å²) in [6.07, 6.45) is -1.37. The average molecular weight is 218 g/mol. The summed E-state index contributed by atoms with van der Waals surface area (Å²) >= 11 is 0. The van der Waals surface area contributed by atoms with Gasteiger partial charge in [0.2, 0.25) is 5.78 Å². The van der Waals surface area contributed by atoms with Crippen molar-refractivity contribution in [2.75, 3.05) is 6.61 Å². The number of Topliss-reactive ketones (excluding diaryl/α,β-unsaturated/α-hetero) is 1. The highest BCUT2D eigenvalue weighted by atomic mass is 16.6. The molecule has 0 aliphatic rings. The molecule has 0 aromatic heterocycles. The lowest BCUT2D eigenvalue weighted by molar-refractivity contribution is -0.171. The smallest absolute Gasteiger partial charge is 0.382 e. The number of carbonyl (C=O) groups is 4. The Hall–Kier alpha value is -1.76. The van der Waals surface area contributed by atoms with Crippen LogP contribution < -0.4 is 0 Å². The number of hydrogen-bond acceptors (Lipinski definition) is 7. The molecule has 0 heterocycles. The highest BCUT2D eigenvalue weighted by Gasteiger charge is 2.17. The molecule has 0 amide bonds. The monoisotopic (exact) mass is 218 g/mol. The number of ketones is 1. The van der Waals surface area contributed by atoms with Crippen LogP contribution in [0, 0.1) is 0 Å². The Balaban J connectivity index is 3.91. The molecule has 1 N–H and O–H groups in total. The van der Waals surface area contributed by atoms with Crippen molar-refractivity contribution in [3.63, 3.8) is 0 Å². The first-order chi connectivity index (χ1) is 6.84. The molecule has 0 radical (unpaired) electrons. The Labute approximate surface area is 85.0 Å². The zero-order valence-electron chi connectivity index (χ0n) is 8.18. The van der Waals surface area contributed by atoms with Crippen LogP contribution >= 0.6 is 0 Å². The maximum Gasteiger partial charge on any atom is 0.382 e. The van der Waals surface area contributed by atoms with Crippen LogP contribution in [0.5, 0.6) is 0 Å². The Morgan fingerprint density at radius 1 is 1.27 bits per heavy atom. The fourth-order valence-electron chi connectivity index (χ4n) is 0.455. The van der Waals surface area contributed by atoms with Crippen LogP contribution in [0.2, 0.25) is 0 Å². The van der Waals surface area contributed by atoms with Crippen molar-refractivity contribution < 1.29 is 33.8 Å². The Bertz CT molecular complexity index is 291. The molecule has 0 aliphatic heterocycles. The molecule has 1 atom stereocenters. The van der Waals surface area contributed by atoms with Crippen molar-refractivity contribution in [3.8, 4) is 0 Å². The zero-order chi connectivity index (χ0) is 12.0. The number of esters is 3. The summed E-state index contributed by atoms with van der Waals surface area (Å²) in [6.45, 7) is 1.24. The molecule has 1 unspecified atom stereocenters. The summed E-state index contributed by atoms with van der Waals surface area (Å²) in [5.74, 6) is -4.47. The van der Waals surface area contributed by atoms with E-state index in [0.29, 0.717) is 0 Å². The number of aliphatic hydroxyl groups is 1. The topological polar surface area (TPSA) is 107 Å². The first-order valence-electron chi connectivity index (χ1n) is 3.95. The average Bonchev–Trinajstić information content (AvgIpc) is 2.13. The summed E-state index contributed by atoms with van der Waals surface area (Å²) in [4.78, 5) is 42.3. The van der Waals surface area contributed by atoms with Gasteiger partial charge in [-0.2, -0.15) is 0 Å². The van der Waals surface area contributed by atoms with Crippen LogP contribution in [0.1, 0.15) is 13.8 Å². The van der Waals surface area contributed by atoms with E-state index in [1.165, 1.54) is 0 Å². The minimum absolute atomic E-state index is 0.831. The van der Waals surface area contributed by atoms with Gasteiger partial charge in [0.15, 0.2) is 6.61 Å². The van der Waals surface area contributed by atoms with Gasteiger partial charge in [0.1, 0.15) is 6.10 Å². The minimum Gasteiger partial charge on any atom is -0.452 e. The summed E-state index contributed by atoms with van der Waals surface area (Å²) in [5.41, 5.74) is 0. The van der Waals surface area contributed by atoms with Gasteiger partial charge in [0.05, 0.1) is 0 Å². The minimum atomic E-state index is -1.37. The second-order valence-electron chi connectivity index (χ2n) is 2.60. The highest BCUT2D eigenvalue weighted by molar-refractivity contribution is 6.34. The summed E-state index contributed by atoms with van der Waals surface area (Å²) < 4.78 is 8.17. The van der Waals surface area contributed by atoms with Crippen LogP contribution in [0.3, 0.4) is 0 Å². The lowest BCUT2D eigenvalue weighted by Gasteiger charge is -2.04. The Morgan fingerprint density at radius 3 is 2.20 bits per heavy atom. The van der Waals surface area contributed by atoms with Gasteiger partial charge in [-0.15, -0.1) is 0 Å². The standard InChI is InChI=1S/C8H10O7/c1-4(9)7(12)14-3-6(11)15-8(13)5(2)10/h4,9H,3H2,1-2H3. The van der Waals surface area contributed by atoms with Crippen LogP contribution in [0.15, 0.2) is 0 Å². The third-order valence-electron chi connectivity index (χ3n) is 1.17. The molecule has 7 heteroatoms. The normalized spacial score (nSPS) is 11.4. The molecule has 0 fully saturated rings. The van der Waals surface area contributed by atoms with Crippen LogP contribution in [-0.4, -0.2) is 41.5 Å². The molecule has 7 nitrogen and oxygen atoms in total. The molecule has 0 saturated heterocycles. The fraction of sp³-hybridized carbons (Fsp3) is 0.500. The van der Waals surface area contributed by atoms with Crippen LogP contribution in [0.25, 0.3) is 0 Å². The van der Waals surface area contributed by atoms with Crippen molar-refractivity contribution in [2.24, 2.45) is 0 Å². The predicted octanol–water partition coefficient (Wildman–Crippen LogP) is -1.43. The second-order valence-corrected chi connectivity index (χ2v) is 2.60.